The van der Waals surface area contributed by atoms with Crippen LogP contribution in [0.1, 0.15) is 32.3 Å². The lowest BCUT2D eigenvalue weighted by Gasteiger charge is -2.27. The summed E-state index contributed by atoms with van der Waals surface area (Å²) in [7, 11) is 1.70. The Morgan fingerprint density at radius 2 is 2.24 bits per heavy atom. The van der Waals surface area contributed by atoms with Gasteiger partial charge >= 0.3 is 0 Å². The lowest BCUT2D eigenvalue weighted by Crippen LogP contribution is -2.33. The third-order valence-corrected chi connectivity index (χ3v) is 3.52. The molecule has 1 aliphatic rings. The van der Waals surface area contributed by atoms with Crippen molar-refractivity contribution in [3.05, 3.63) is 23.6 Å². The molecule has 0 saturated heterocycles. The van der Waals surface area contributed by atoms with Gasteiger partial charge < -0.3 is 15.0 Å². The number of pyridine rings is 1. The topological polar surface area (TPSA) is 37.4 Å². The highest BCUT2D eigenvalue weighted by Crippen LogP contribution is 2.23. The van der Waals surface area contributed by atoms with Gasteiger partial charge in [-0.15, -0.1) is 0 Å². The lowest BCUT2D eigenvalue weighted by atomic mass is 10.1. The summed E-state index contributed by atoms with van der Waals surface area (Å²) in [6.45, 7) is 7.31. The number of anilines is 1. The van der Waals surface area contributed by atoms with E-state index in [2.05, 4.69) is 29.0 Å². The molecule has 4 nitrogen and oxygen atoms in total. The number of nitrogens with one attached hydrogen (secondary N) is 1. The standard InChI is InChI=1S/C16H26FN3O/c1-12(2)11-20(6-7-21-3)16-13(8-14(17)10-19-16)9-18-15-4-5-15/h8,10,12,15,18H,4-7,9,11H2,1-3H3. The SMILES string of the molecule is COCCN(CC(C)C)c1ncc(F)cc1CNC1CC1. The van der Waals surface area contributed by atoms with E-state index < -0.39 is 0 Å². The minimum Gasteiger partial charge on any atom is -0.383 e. The quantitative estimate of drug-likeness (QED) is 0.760. The first kappa shape index (κ1) is 16.2. The molecule has 1 aliphatic carbocycles. The highest BCUT2D eigenvalue weighted by molar-refractivity contribution is 5.47. The third kappa shape index (κ3) is 5.25. The van der Waals surface area contributed by atoms with Gasteiger partial charge in [-0.05, 0) is 24.8 Å². The fraction of sp³-hybridized carbons (Fsp3) is 0.688. The van der Waals surface area contributed by atoms with Gasteiger partial charge in [0.25, 0.3) is 0 Å². The molecule has 1 heterocycles. The minimum absolute atomic E-state index is 0.275. The number of nitrogens with zero attached hydrogens (tertiary/aromatic N) is 2. The number of aromatic nitrogens is 1. The maximum Gasteiger partial charge on any atom is 0.141 e. The minimum atomic E-state index is -0.275. The zero-order valence-corrected chi connectivity index (χ0v) is 13.2. The number of hydrogen-bond donors (Lipinski definition) is 1. The first-order valence-corrected chi connectivity index (χ1v) is 7.72. The molecule has 0 bridgehead atoms. The van der Waals surface area contributed by atoms with Gasteiger partial charge in [0.15, 0.2) is 0 Å². The predicted molar refractivity (Wildman–Crippen MR) is 83.0 cm³/mol. The Bertz CT molecular complexity index is 449. The van der Waals surface area contributed by atoms with Gasteiger partial charge in [0.2, 0.25) is 0 Å². The van der Waals surface area contributed by atoms with Crippen LogP contribution in [0, 0.1) is 11.7 Å². The van der Waals surface area contributed by atoms with Crippen molar-refractivity contribution in [3.8, 4) is 0 Å². The van der Waals surface area contributed by atoms with E-state index in [4.69, 9.17) is 4.74 Å². The Morgan fingerprint density at radius 3 is 2.86 bits per heavy atom. The van der Waals surface area contributed by atoms with Crippen molar-refractivity contribution >= 4 is 5.82 Å². The second kappa shape index (κ2) is 7.71. The molecule has 1 aromatic heterocycles. The van der Waals surface area contributed by atoms with Gasteiger partial charge in [-0.2, -0.15) is 0 Å². The Kier molecular flexibility index (Phi) is 5.94. The molecule has 21 heavy (non-hydrogen) atoms. The van der Waals surface area contributed by atoms with Crippen LogP contribution in [-0.2, 0) is 11.3 Å². The summed E-state index contributed by atoms with van der Waals surface area (Å²) in [5.74, 6) is 1.11. The van der Waals surface area contributed by atoms with Gasteiger partial charge in [0.05, 0.1) is 12.8 Å². The maximum atomic E-state index is 13.5. The van der Waals surface area contributed by atoms with Crippen molar-refractivity contribution in [2.45, 2.75) is 39.3 Å². The smallest absolute Gasteiger partial charge is 0.141 e. The fourth-order valence-corrected chi connectivity index (χ4v) is 2.36. The van der Waals surface area contributed by atoms with Crippen molar-refractivity contribution in [3.63, 3.8) is 0 Å². The van der Waals surface area contributed by atoms with Crippen molar-refractivity contribution in [2.24, 2.45) is 5.92 Å². The first-order chi connectivity index (χ1) is 10.1. The summed E-state index contributed by atoms with van der Waals surface area (Å²) < 4.78 is 18.7. The van der Waals surface area contributed by atoms with Crippen LogP contribution >= 0.6 is 0 Å². The van der Waals surface area contributed by atoms with Crippen LogP contribution in [-0.4, -0.2) is 37.8 Å². The lowest BCUT2D eigenvalue weighted by molar-refractivity contribution is 0.204. The molecular weight excluding hydrogens is 269 g/mol. The Hall–Kier alpha value is -1.20. The summed E-state index contributed by atoms with van der Waals surface area (Å²) in [6.07, 6.45) is 3.74. The molecule has 1 aromatic rings. The molecule has 2 rings (SSSR count). The number of halogens is 1. The van der Waals surface area contributed by atoms with Crippen LogP contribution in [0.2, 0.25) is 0 Å². The van der Waals surface area contributed by atoms with Crippen molar-refractivity contribution in [2.75, 3.05) is 31.7 Å². The summed E-state index contributed by atoms with van der Waals surface area (Å²) in [5, 5.41) is 3.44. The molecule has 0 unspecified atom stereocenters. The molecule has 1 N–H and O–H groups in total. The van der Waals surface area contributed by atoms with Crippen LogP contribution in [0.15, 0.2) is 12.3 Å². The second-order valence-corrected chi connectivity index (χ2v) is 6.12. The zero-order chi connectivity index (χ0) is 15.2. The van der Waals surface area contributed by atoms with Crippen LogP contribution in [0.4, 0.5) is 10.2 Å². The van der Waals surface area contributed by atoms with Gasteiger partial charge in [-0.1, -0.05) is 13.8 Å². The van der Waals surface area contributed by atoms with E-state index in [0.717, 1.165) is 24.5 Å². The summed E-state index contributed by atoms with van der Waals surface area (Å²) in [4.78, 5) is 6.53. The monoisotopic (exact) mass is 295 g/mol. The predicted octanol–water partition coefficient (Wildman–Crippen LogP) is 2.58. The molecule has 0 aromatic carbocycles. The molecule has 0 radical (unpaired) electrons. The van der Waals surface area contributed by atoms with Crippen LogP contribution in [0.5, 0.6) is 0 Å². The van der Waals surface area contributed by atoms with Crippen LogP contribution in [0.3, 0.4) is 0 Å². The number of hydrogen-bond acceptors (Lipinski definition) is 4. The van der Waals surface area contributed by atoms with Gasteiger partial charge in [0.1, 0.15) is 11.6 Å². The largest absolute Gasteiger partial charge is 0.383 e. The average molecular weight is 295 g/mol. The summed E-state index contributed by atoms with van der Waals surface area (Å²) >= 11 is 0. The van der Waals surface area contributed by atoms with Crippen molar-refractivity contribution in [1.29, 1.82) is 0 Å². The van der Waals surface area contributed by atoms with E-state index >= 15 is 0 Å². The van der Waals surface area contributed by atoms with Crippen molar-refractivity contribution < 1.29 is 9.13 Å². The molecule has 118 valence electrons. The molecular formula is C16H26FN3O. The molecule has 0 amide bonds. The molecule has 0 atom stereocenters. The van der Waals surface area contributed by atoms with Crippen LogP contribution in [0.25, 0.3) is 0 Å². The first-order valence-electron chi connectivity index (χ1n) is 7.72. The zero-order valence-electron chi connectivity index (χ0n) is 13.2. The molecule has 0 aliphatic heterocycles. The summed E-state index contributed by atoms with van der Waals surface area (Å²) in [6, 6.07) is 2.19. The Morgan fingerprint density at radius 1 is 1.48 bits per heavy atom. The average Bonchev–Trinajstić information content (AvgIpc) is 3.25. The van der Waals surface area contributed by atoms with E-state index in [1.54, 1.807) is 13.2 Å². The molecule has 5 heteroatoms. The van der Waals surface area contributed by atoms with Gasteiger partial charge in [0, 0.05) is 38.3 Å². The Balaban J connectivity index is 2.14. The van der Waals surface area contributed by atoms with Crippen molar-refractivity contribution in [1.82, 2.24) is 10.3 Å². The van der Waals surface area contributed by atoms with Gasteiger partial charge in [-0.25, -0.2) is 9.37 Å². The van der Waals surface area contributed by atoms with E-state index in [-0.39, 0.29) is 5.82 Å². The summed E-state index contributed by atoms with van der Waals surface area (Å²) in [5.41, 5.74) is 0.929. The van der Waals surface area contributed by atoms with Crippen LogP contribution < -0.4 is 10.2 Å². The molecule has 1 saturated carbocycles. The third-order valence-electron chi connectivity index (χ3n) is 3.52. The van der Waals surface area contributed by atoms with E-state index in [1.807, 2.05) is 0 Å². The highest BCUT2D eigenvalue weighted by atomic mass is 19.1. The van der Waals surface area contributed by atoms with E-state index in [1.165, 1.54) is 19.0 Å². The molecule has 0 spiro atoms. The normalized spacial score (nSPS) is 14.7. The fourth-order valence-electron chi connectivity index (χ4n) is 2.36. The second-order valence-electron chi connectivity index (χ2n) is 6.12. The highest BCUT2D eigenvalue weighted by Gasteiger charge is 2.22. The van der Waals surface area contributed by atoms with Gasteiger partial charge in [-0.3, -0.25) is 0 Å². The Labute approximate surface area is 126 Å². The number of rotatable bonds is 9. The number of methoxy groups -OCH3 is 1. The molecule has 1 fully saturated rings. The van der Waals surface area contributed by atoms with E-state index in [9.17, 15) is 4.39 Å². The number of ether oxygens (including phenoxy) is 1. The van der Waals surface area contributed by atoms with E-state index in [0.29, 0.717) is 25.1 Å². The maximum absolute atomic E-state index is 13.5.